The first-order valence-electron chi connectivity index (χ1n) is 11.3. The Balaban J connectivity index is 1.83. The molecule has 0 radical (unpaired) electrons. The normalized spacial score (nSPS) is 16.1. The Labute approximate surface area is 198 Å². The number of amides is 1. The van der Waals surface area contributed by atoms with E-state index in [1.807, 2.05) is 4.90 Å². The van der Waals surface area contributed by atoms with Gasteiger partial charge in [-0.15, -0.1) is 0 Å². The molecule has 1 saturated heterocycles. The Bertz CT molecular complexity index is 1100. The van der Waals surface area contributed by atoms with Gasteiger partial charge >= 0.3 is 5.97 Å². The zero-order chi connectivity index (χ0) is 25.0. The number of piperidine rings is 1. The molecule has 8 nitrogen and oxygen atoms in total. The van der Waals surface area contributed by atoms with Crippen molar-refractivity contribution in [1.29, 1.82) is 0 Å². The van der Waals surface area contributed by atoms with Crippen LogP contribution in [0, 0.1) is 21.8 Å². The van der Waals surface area contributed by atoms with E-state index in [0.29, 0.717) is 11.6 Å². The van der Waals surface area contributed by atoms with Crippen molar-refractivity contribution in [3.63, 3.8) is 0 Å². The van der Waals surface area contributed by atoms with Gasteiger partial charge < -0.3 is 15.0 Å². The van der Waals surface area contributed by atoms with Gasteiger partial charge in [0.15, 0.2) is 0 Å². The van der Waals surface area contributed by atoms with Crippen molar-refractivity contribution in [2.24, 2.45) is 5.92 Å². The predicted molar refractivity (Wildman–Crippen MR) is 128 cm³/mol. The lowest BCUT2D eigenvalue weighted by Gasteiger charge is -2.32. The Morgan fingerprint density at radius 1 is 1.24 bits per heavy atom. The summed E-state index contributed by atoms with van der Waals surface area (Å²) in [5.74, 6) is -1.30. The molecule has 0 spiro atoms. The molecule has 1 aliphatic heterocycles. The monoisotopic (exact) mass is 471 g/mol. The van der Waals surface area contributed by atoms with Crippen LogP contribution in [0.1, 0.15) is 56.5 Å². The Hall–Kier alpha value is -3.49. The van der Waals surface area contributed by atoms with Gasteiger partial charge in [-0.05, 0) is 75.4 Å². The number of hydrogen-bond acceptors (Lipinski definition) is 6. The molecule has 1 amide bonds. The molecule has 0 bridgehead atoms. The number of esters is 1. The number of nitrogens with zero attached hydrogens (tertiary/aromatic N) is 2. The quantitative estimate of drug-likeness (QED) is 0.357. The molecular weight excluding hydrogens is 441 g/mol. The summed E-state index contributed by atoms with van der Waals surface area (Å²) in [7, 11) is 0. The highest BCUT2D eigenvalue weighted by atomic mass is 19.1. The second-order valence-corrected chi connectivity index (χ2v) is 9.67. The lowest BCUT2D eigenvalue weighted by Crippen LogP contribution is -2.34. The number of carbonyl (C=O) groups excluding carboxylic acids is 2. The van der Waals surface area contributed by atoms with E-state index in [0.717, 1.165) is 38.1 Å². The summed E-state index contributed by atoms with van der Waals surface area (Å²) in [5.41, 5.74) is 0.203. The molecule has 2 aromatic carbocycles. The number of ether oxygens (including phenoxy) is 1. The molecule has 182 valence electrons. The van der Waals surface area contributed by atoms with Crippen LogP contribution in [0.15, 0.2) is 36.4 Å². The number of rotatable bonds is 6. The molecule has 1 atom stereocenters. The number of hydrogen-bond donors (Lipinski definition) is 1. The highest BCUT2D eigenvalue weighted by Gasteiger charge is 2.26. The third kappa shape index (κ3) is 6.52. The molecule has 0 aliphatic carbocycles. The molecule has 1 aliphatic rings. The topological polar surface area (TPSA) is 102 Å². The highest BCUT2D eigenvalue weighted by molar-refractivity contribution is 6.05. The molecule has 1 fully saturated rings. The number of nitro groups is 1. The molecule has 0 aromatic heterocycles. The second kappa shape index (κ2) is 10.2. The number of nitrogens with one attached hydrogen (secondary N) is 1. The highest BCUT2D eigenvalue weighted by Crippen LogP contribution is 2.33. The Morgan fingerprint density at radius 2 is 1.97 bits per heavy atom. The minimum Gasteiger partial charge on any atom is -0.460 e. The first-order valence-corrected chi connectivity index (χ1v) is 11.3. The van der Waals surface area contributed by atoms with Crippen LogP contribution in [0.3, 0.4) is 0 Å². The first kappa shape index (κ1) is 25.1. The maximum absolute atomic E-state index is 13.8. The molecule has 0 saturated carbocycles. The van der Waals surface area contributed by atoms with E-state index in [9.17, 15) is 24.1 Å². The Morgan fingerprint density at radius 3 is 2.62 bits per heavy atom. The fourth-order valence-corrected chi connectivity index (χ4v) is 4.04. The van der Waals surface area contributed by atoms with E-state index in [4.69, 9.17) is 4.74 Å². The van der Waals surface area contributed by atoms with Crippen LogP contribution in [-0.4, -0.2) is 35.5 Å². The van der Waals surface area contributed by atoms with Gasteiger partial charge in [0.05, 0.1) is 11.3 Å². The van der Waals surface area contributed by atoms with Crippen molar-refractivity contribution in [2.45, 2.75) is 52.6 Å². The summed E-state index contributed by atoms with van der Waals surface area (Å²) in [4.78, 5) is 38.4. The van der Waals surface area contributed by atoms with E-state index in [1.165, 1.54) is 18.2 Å². The van der Waals surface area contributed by atoms with Gasteiger partial charge in [0.2, 0.25) is 0 Å². The predicted octanol–water partition coefficient (Wildman–Crippen LogP) is 5.11. The maximum Gasteiger partial charge on any atom is 0.310 e. The number of carbonyl (C=O) groups is 2. The molecule has 2 aromatic rings. The van der Waals surface area contributed by atoms with Crippen molar-refractivity contribution in [3.05, 3.63) is 63.5 Å². The summed E-state index contributed by atoms with van der Waals surface area (Å²) in [5, 5.41) is 14.4. The number of benzene rings is 2. The van der Waals surface area contributed by atoms with Crippen molar-refractivity contribution < 1.29 is 23.6 Å². The van der Waals surface area contributed by atoms with E-state index in [2.05, 4.69) is 12.2 Å². The van der Waals surface area contributed by atoms with Crippen molar-refractivity contribution in [3.8, 4) is 0 Å². The standard InChI is InChI=1S/C25H30FN3O5/c1-16-6-5-11-28(15-16)21-10-7-17(13-22(21)29(32)33)24(31)27-20-9-8-19(26)12-18(20)14-23(30)34-25(2,3)4/h7-10,12-13,16H,5-6,11,14-15H2,1-4H3,(H,27,31)/t16-/m1/s1. The van der Waals surface area contributed by atoms with Crippen molar-refractivity contribution in [1.82, 2.24) is 0 Å². The van der Waals surface area contributed by atoms with E-state index < -0.39 is 28.2 Å². The minimum atomic E-state index is -0.708. The molecule has 0 unspecified atom stereocenters. The maximum atomic E-state index is 13.8. The number of halogens is 1. The summed E-state index contributed by atoms with van der Waals surface area (Å²) in [6, 6.07) is 8.05. The van der Waals surface area contributed by atoms with Crippen LogP contribution >= 0.6 is 0 Å². The van der Waals surface area contributed by atoms with Crippen LogP contribution in [0.25, 0.3) is 0 Å². The van der Waals surface area contributed by atoms with E-state index in [-0.39, 0.29) is 28.9 Å². The summed E-state index contributed by atoms with van der Waals surface area (Å²) in [6.45, 7) is 8.72. The van der Waals surface area contributed by atoms with Crippen LogP contribution in [0.2, 0.25) is 0 Å². The van der Waals surface area contributed by atoms with E-state index in [1.54, 1.807) is 26.8 Å². The lowest BCUT2D eigenvalue weighted by molar-refractivity contribution is -0.384. The van der Waals surface area contributed by atoms with Gasteiger partial charge in [0.1, 0.15) is 17.1 Å². The average Bonchev–Trinajstić information content (AvgIpc) is 2.73. The van der Waals surface area contributed by atoms with Gasteiger partial charge in [-0.2, -0.15) is 0 Å². The molecule has 1 heterocycles. The van der Waals surface area contributed by atoms with Crippen LogP contribution in [0.5, 0.6) is 0 Å². The second-order valence-electron chi connectivity index (χ2n) is 9.67. The number of anilines is 2. The zero-order valence-corrected chi connectivity index (χ0v) is 19.9. The van der Waals surface area contributed by atoms with Gasteiger partial charge in [-0.1, -0.05) is 6.92 Å². The minimum absolute atomic E-state index is 0.0908. The molecule has 9 heteroatoms. The fraction of sp³-hybridized carbons (Fsp3) is 0.440. The van der Waals surface area contributed by atoms with E-state index >= 15 is 0 Å². The van der Waals surface area contributed by atoms with Crippen LogP contribution in [-0.2, 0) is 16.0 Å². The smallest absolute Gasteiger partial charge is 0.310 e. The van der Waals surface area contributed by atoms with Gasteiger partial charge in [-0.3, -0.25) is 19.7 Å². The third-order valence-electron chi connectivity index (χ3n) is 5.50. The molecule has 1 N–H and O–H groups in total. The number of nitro benzene ring substituents is 1. The summed E-state index contributed by atoms with van der Waals surface area (Å²) in [6.07, 6.45) is 1.79. The molecule has 34 heavy (non-hydrogen) atoms. The fourth-order valence-electron chi connectivity index (χ4n) is 4.04. The van der Waals surface area contributed by atoms with Gasteiger partial charge in [-0.25, -0.2) is 4.39 Å². The van der Waals surface area contributed by atoms with Crippen molar-refractivity contribution >= 4 is 28.9 Å². The van der Waals surface area contributed by atoms with Gasteiger partial charge in [0.25, 0.3) is 11.6 Å². The third-order valence-corrected chi connectivity index (χ3v) is 5.50. The van der Waals surface area contributed by atoms with Crippen LogP contribution in [0.4, 0.5) is 21.5 Å². The molecule has 3 rings (SSSR count). The Kier molecular flexibility index (Phi) is 7.54. The first-order chi connectivity index (χ1) is 15.9. The van der Waals surface area contributed by atoms with Crippen LogP contribution < -0.4 is 10.2 Å². The largest absolute Gasteiger partial charge is 0.460 e. The molecular formula is C25H30FN3O5. The average molecular weight is 472 g/mol. The summed E-state index contributed by atoms with van der Waals surface area (Å²) >= 11 is 0. The van der Waals surface area contributed by atoms with Gasteiger partial charge in [0, 0.05) is 30.4 Å². The zero-order valence-electron chi connectivity index (χ0n) is 19.9. The SMILES string of the molecule is C[C@@H]1CCCN(c2ccc(C(=O)Nc3ccc(F)cc3CC(=O)OC(C)(C)C)cc2[N+](=O)[O-])C1. The van der Waals surface area contributed by atoms with Crippen molar-refractivity contribution in [2.75, 3.05) is 23.3 Å². The summed E-state index contributed by atoms with van der Waals surface area (Å²) < 4.78 is 19.1. The lowest BCUT2D eigenvalue weighted by atomic mass is 9.99.